The first-order valence-electron chi connectivity index (χ1n) is 5.27. The molecule has 0 spiro atoms. The van der Waals surface area contributed by atoms with E-state index in [9.17, 15) is 19.8 Å². The number of likely N-dealkylation sites (N-methyl/N-ethyl adjacent to an activating group) is 1. The van der Waals surface area contributed by atoms with Gasteiger partial charge in [-0.2, -0.15) is 0 Å². The number of rotatable bonds is 0. The largest absolute Gasteiger partial charge is 0.441 e. The molecule has 3 aliphatic rings. The van der Waals surface area contributed by atoms with Crippen LogP contribution < -0.4 is 5.32 Å². The van der Waals surface area contributed by atoms with Gasteiger partial charge >= 0.3 is 12.2 Å². The molecule has 2 heterocycles. The number of nitrogens with one attached hydrogen (secondary N) is 1. The number of aliphatic hydroxyl groups is 2. The predicted molar refractivity (Wildman–Crippen MR) is 51.0 cm³/mol. The minimum atomic E-state index is -1.24. The van der Waals surface area contributed by atoms with Crippen molar-refractivity contribution in [2.75, 3.05) is 7.05 Å². The Labute approximate surface area is 96.1 Å². The summed E-state index contributed by atoms with van der Waals surface area (Å²) in [4.78, 5) is 23.8. The Morgan fingerprint density at radius 2 is 1.88 bits per heavy atom. The number of carbonyl (C=O) groups excluding carboxylic acids is 2. The van der Waals surface area contributed by atoms with Crippen molar-refractivity contribution in [3.05, 3.63) is 0 Å². The molecular formula is C9H12N2O6. The van der Waals surface area contributed by atoms with Gasteiger partial charge in [0.2, 0.25) is 0 Å². The van der Waals surface area contributed by atoms with Crippen molar-refractivity contribution in [2.45, 2.75) is 36.5 Å². The fourth-order valence-corrected chi connectivity index (χ4v) is 2.72. The molecule has 0 aromatic heterocycles. The van der Waals surface area contributed by atoms with Gasteiger partial charge in [0.05, 0.1) is 0 Å². The van der Waals surface area contributed by atoms with E-state index in [4.69, 9.17) is 9.47 Å². The molecule has 3 rings (SSSR count). The number of ether oxygens (including phenoxy) is 2. The highest BCUT2D eigenvalue weighted by atomic mass is 16.6. The van der Waals surface area contributed by atoms with Gasteiger partial charge in [0.1, 0.15) is 24.3 Å². The van der Waals surface area contributed by atoms with Crippen LogP contribution in [-0.2, 0) is 9.47 Å². The molecule has 1 aliphatic carbocycles. The zero-order chi connectivity index (χ0) is 12.3. The van der Waals surface area contributed by atoms with E-state index in [-0.39, 0.29) is 0 Å². The molecule has 2 amide bonds. The Balaban J connectivity index is 1.96. The minimum Gasteiger partial charge on any atom is -0.441 e. The highest BCUT2D eigenvalue weighted by Gasteiger charge is 2.61. The first-order chi connectivity index (χ1) is 8.00. The van der Waals surface area contributed by atoms with Crippen molar-refractivity contribution >= 4 is 12.2 Å². The Morgan fingerprint density at radius 1 is 1.18 bits per heavy atom. The third-order valence-corrected chi connectivity index (χ3v) is 3.58. The number of hydrogen-bond donors (Lipinski definition) is 3. The van der Waals surface area contributed by atoms with Crippen LogP contribution in [0.4, 0.5) is 9.59 Å². The van der Waals surface area contributed by atoms with E-state index in [0.717, 1.165) is 0 Å². The molecule has 2 saturated heterocycles. The minimum absolute atomic E-state index is 0.590. The number of nitrogens with zero attached hydrogens (tertiary/aromatic N) is 1. The van der Waals surface area contributed by atoms with Crippen LogP contribution in [0.5, 0.6) is 0 Å². The van der Waals surface area contributed by atoms with E-state index in [2.05, 4.69) is 5.32 Å². The zero-order valence-electron chi connectivity index (χ0n) is 8.94. The molecule has 2 aliphatic heterocycles. The summed E-state index contributed by atoms with van der Waals surface area (Å²) in [7, 11) is 1.47. The van der Waals surface area contributed by atoms with Gasteiger partial charge in [0.15, 0.2) is 12.2 Å². The average Bonchev–Trinajstić information content (AvgIpc) is 2.79. The van der Waals surface area contributed by atoms with E-state index >= 15 is 0 Å². The van der Waals surface area contributed by atoms with E-state index < -0.39 is 48.7 Å². The average molecular weight is 244 g/mol. The predicted octanol–water partition coefficient (Wildman–Crippen LogP) is -1.98. The summed E-state index contributed by atoms with van der Waals surface area (Å²) in [5, 5.41) is 22.3. The third-order valence-electron chi connectivity index (χ3n) is 3.58. The summed E-state index contributed by atoms with van der Waals surface area (Å²) in [6, 6.07) is -1.31. The number of aliphatic hydroxyl groups excluding tert-OH is 2. The lowest BCUT2D eigenvalue weighted by Gasteiger charge is -2.39. The smallest absolute Gasteiger partial charge is 0.410 e. The molecule has 6 atom stereocenters. The molecule has 0 aromatic carbocycles. The first-order valence-corrected chi connectivity index (χ1v) is 5.27. The quantitative estimate of drug-likeness (QED) is 0.455. The van der Waals surface area contributed by atoms with Crippen LogP contribution >= 0.6 is 0 Å². The molecule has 94 valence electrons. The maximum atomic E-state index is 11.4. The van der Waals surface area contributed by atoms with Crippen LogP contribution in [0.1, 0.15) is 0 Å². The van der Waals surface area contributed by atoms with E-state index in [1.54, 1.807) is 0 Å². The summed E-state index contributed by atoms with van der Waals surface area (Å²) in [5.41, 5.74) is 0. The molecule has 3 N–H and O–H groups in total. The number of amides is 2. The fraction of sp³-hybridized carbons (Fsp3) is 0.778. The van der Waals surface area contributed by atoms with Gasteiger partial charge in [0.25, 0.3) is 0 Å². The number of alkyl carbamates (subject to hydrolysis) is 1. The van der Waals surface area contributed by atoms with Gasteiger partial charge in [-0.25, -0.2) is 9.59 Å². The highest BCUT2D eigenvalue weighted by Crippen LogP contribution is 2.35. The van der Waals surface area contributed by atoms with Crippen LogP contribution in [0.3, 0.4) is 0 Å². The van der Waals surface area contributed by atoms with Gasteiger partial charge in [-0.15, -0.1) is 0 Å². The third kappa shape index (κ3) is 1.25. The molecule has 0 bridgehead atoms. The standard InChI is InChI=1S/C9H12N2O6/c1-11-3-4(12)5(13)7-2(10-8(14)16-7)6(3)17-9(11)15/h2-7,12-13H,1H3,(H,10,14). The summed E-state index contributed by atoms with van der Waals surface area (Å²) in [5.74, 6) is 0. The zero-order valence-corrected chi connectivity index (χ0v) is 8.94. The maximum Gasteiger partial charge on any atom is 0.410 e. The molecule has 0 aromatic rings. The monoisotopic (exact) mass is 244 g/mol. The van der Waals surface area contributed by atoms with Crippen molar-refractivity contribution in [1.29, 1.82) is 0 Å². The summed E-state index contributed by atoms with van der Waals surface area (Å²) >= 11 is 0. The van der Waals surface area contributed by atoms with Crippen LogP contribution in [0.25, 0.3) is 0 Å². The fourth-order valence-electron chi connectivity index (χ4n) is 2.72. The Morgan fingerprint density at radius 3 is 2.59 bits per heavy atom. The maximum absolute atomic E-state index is 11.4. The second-order valence-electron chi connectivity index (χ2n) is 4.47. The normalized spacial score (nSPS) is 48.1. The lowest BCUT2D eigenvalue weighted by molar-refractivity contribution is -0.123. The van der Waals surface area contributed by atoms with Crippen molar-refractivity contribution < 1.29 is 29.3 Å². The number of hydrogen-bond acceptors (Lipinski definition) is 6. The van der Waals surface area contributed by atoms with Crippen molar-refractivity contribution in [3.8, 4) is 0 Å². The van der Waals surface area contributed by atoms with Crippen LogP contribution in [-0.4, -0.2) is 70.8 Å². The number of fused-ring (bicyclic) bond motifs is 3. The molecule has 6 unspecified atom stereocenters. The van der Waals surface area contributed by atoms with Gasteiger partial charge in [-0.05, 0) is 0 Å². The first kappa shape index (κ1) is 10.6. The Kier molecular flexibility index (Phi) is 2.02. The van der Waals surface area contributed by atoms with E-state index in [1.807, 2.05) is 0 Å². The second-order valence-corrected chi connectivity index (χ2v) is 4.47. The second kappa shape index (κ2) is 3.23. The molecular weight excluding hydrogens is 232 g/mol. The van der Waals surface area contributed by atoms with Crippen LogP contribution in [0, 0.1) is 0 Å². The topological polar surface area (TPSA) is 108 Å². The van der Waals surface area contributed by atoms with Crippen LogP contribution in [0.2, 0.25) is 0 Å². The van der Waals surface area contributed by atoms with Crippen LogP contribution in [0.15, 0.2) is 0 Å². The van der Waals surface area contributed by atoms with Gasteiger partial charge in [-0.1, -0.05) is 0 Å². The van der Waals surface area contributed by atoms with Crippen molar-refractivity contribution in [1.82, 2.24) is 10.2 Å². The SMILES string of the molecule is CN1C(=O)OC2C3NC(=O)OC3C(O)C(O)C21. The molecule has 3 fully saturated rings. The lowest BCUT2D eigenvalue weighted by Crippen LogP contribution is -2.65. The Bertz CT molecular complexity index is 388. The van der Waals surface area contributed by atoms with E-state index in [1.165, 1.54) is 11.9 Å². The van der Waals surface area contributed by atoms with Gasteiger partial charge in [0, 0.05) is 7.05 Å². The van der Waals surface area contributed by atoms with Crippen molar-refractivity contribution in [2.24, 2.45) is 0 Å². The molecule has 8 nitrogen and oxygen atoms in total. The lowest BCUT2D eigenvalue weighted by atomic mass is 9.82. The number of carbonyl (C=O) groups is 2. The molecule has 1 saturated carbocycles. The summed E-state index contributed by atoms with van der Waals surface area (Å²) < 4.78 is 9.94. The van der Waals surface area contributed by atoms with Gasteiger partial charge < -0.3 is 29.9 Å². The summed E-state index contributed by atoms with van der Waals surface area (Å²) in [6.07, 6.45) is -5.31. The Hall–Kier alpha value is -1.54. The van der Waals surface area contributed by atoms with Gasteiger partial charge in [-0.3, -0.25) is 0 Å². The summed E-state index contributed by atoms with van der Waals surface area (Å²) in [6.45, 7) is 0. The molecule has 0 radical (unpaired) electrons. The highest BCUT2D eigenvalue weighted by molar-refractivity contribution is 5.73. The molecule has 17 heavy (non-hydrogen) atoms. The van der Waals surface area contributed by atoms with E-state index in [0.29, 0.717) is 0 Å². The van der Waals surface area contributed by atoms with Crippen molar-refractivity contribution in [3.63, 3.8) is 0 Å². The molecule has 8 heteroatoms.